The molecule has 0 aliphatic rings. The molecule has 0 aromatic rings. The van der Waals surface area contributed by atoms with Crippen molar-refractivity contribution in [1.29, 1.82) is 0 Å². The maximum Gasteiger partial charge on any atom is 0.692 e. The van der Waals surface area contributed by atoms with Crippen molar-refractivity contribution in [2.45, 2.75) is 46.1 Å². The van der Waals surface area contributed by atoms with Gasteiger partial charge in [0.05, 0.1) is 0 Å². The highest BCUT2D eigenvalue weighted by molar-refractivity contribution is 7.30. The second-order valence-electron chi connectivity index (χ2n) is 4.46. The zero-order valence-electron chi connectivity index (χ0n) is 11.2. The third-order valence-corrected chi connectivity index (χ3v) is 2.44. The van der Waals surface area contributed by atoms with Gasteiger partial charge < -0.3 is 4.90 Å². The molecule has 0 bridgehead atoms. The van der Waals surface area contributed by atoms with E-state index in [9.17, 15) is 4.79 Å². The molecular weight excluding hydrogens is 241 g/mol. The van der Waals surface area contributed by atoms with Crippen molar-refractivity contribution >= 4 is 14.2 Å². The fourth-order valence-electron chi connectivity index (χ4n) is 1.34. The molecule has 0 aliphatic heterocycles. The molecule has 0 rings (SSSR count). The highest BCUT2D eigenvalue weighted by Gasteiger charge is 2.26. The van der Waals surface area contributed by atoms with Crippen LogP contribution >= 0.6 is 8.25 Å². The van der Waals surface area contributed by atoms with Crippen LogP contribution in [0.1, 0.15) is 40.5 Å². The summed E-state index contributed by atoms with van der Waals surface area (Å²) in [6, 6.07) is 0. The van der Waals surface area contributed by atoms with E-state index in [2.05, 4.69) is 27.4 Å². The molecular formula is C11H23NO4P+. The van der Waals surface area contributed by atoms with Crippen molar-refractivity contribution in [2.75, 3.05) is 7.05 Å². The van der Waals surface area contributed by atoms with E-state index in [1.54, 1.807) is 11.8 Å². The van der Waals surface area contributed by atoms with Crippen molar-refractivity contribution in [3.8, 4) is 0 Å². The Labute approximate surface area is 104 Å². The van der Waals surface area contributed by atoms with Crippen molar-refractivity contribution in [3.05, 3.63) is 12.2 Å². The van der Waals surface area contributed by atoms with E-state index < -0.39 is 8.25 Å². The van der Waals surface area contributed by atoms with Gasteiger partial charge in [-0.15, -0.1) is 9.79 Å². The summed E-state index contributed by atoms with van der Waals surface area (Å²) >= 11 is 0. The summed E-state index contributed by atoms with van der Waals surface area (Å²) in [7, 11) is -1.03. The van der Waals surface area contributed by atoms with Gasteiger partial charge in [0.2, 0.25) is 5.91 Å². The largest absolute Gasteiger partial charge is 0.692 e. The molecule has 0 unspecified atom stereocenters. The summed E-state index contributed by atoms with van der Waals surface area (Å²) < 4.78 is 8.70. The van der Waals surface area contributed by atoms with Crippen molar-refractivity contribution < 1.29 is 19.1 Å². The van der Waals surface area contributed by atoms with E-state index in [0.717, 1.165) is 12.8 Å². The monoisotopic (exact) mass is 264 g/mol. The Kier molecular flexibility index (Phi) is 9.12. The van der Waals surface area contributed by atoms with Gasteiger partial charge in [-0.2, -0.15) is 0 Å². The first-order valence-electron chi connectivity index (χ1n) is 5.35. The van der Waals surface area contributed by atoms with Crippen LogP contribution in [0.3, 0.4) is 0 Å². The van der Waals surface area contributed by atoms with Crippen molar-refractivity contribution in [3.63, 3.8) is 0 Å². The first kappa shape index (κ1) is 18.6. The Morgan fingerprint density at radius 3 is 2.00 bits per heavy atom. The molecule has 0 fully saturated rings. The molecule has 1 amide bonds. The van der Waals surface area contributed by atoms with Gasteiger partial charge in [-0.3, -0.25) is 4.79 Å². The average molecular weight is 264 g/mol. The summed E-state index contributed by atoms with van der Waals surface area (Å²) in [6.07, 6.45) is 2.10. The van der Waals surface area contributed by atoms with Gasteiger partial charge in [-0.1, -0.05) is 19.9 Å². The van der Waals surface area contributed by atoms with Gasteiger partial charge in [0, 0.05) is 22.7 Å². The smallest absolute Gasteiger partial charge is 0.337 e. The lowest BCUT2D eigenvalue weighted by atomic mass is 9.96. The Hall–Kier alpha value is -0.770. The van der Waals surface area contributed by atoms with Crippen LogP contribution in [0.5, 0.6) is 0 Å². The van der Waals surface area contributed by atoms with Gasteiger partial charge in [-0.25, -0.2) is 0 Å². The molecule has 17 heavy (non-hydrogen) atoms. The molecule has 0 radical (unpaired) electrons. The maximum atomic E-state index is 11.6. The minimum absolute atomic E-state index is 0.0402. The quantitative estimate of drug-likeness (QED) is 0.603. The maximum absolute atomic E-state index is 11.6. The SMILES string of the molecule is C=C(C)C(=O)N(C)C(C)(C)CCC.O=[P+](O)O. The fourth-order valence-corrected chi connectivity index (χ4v) is 1.34. The van der Waals surface area contributed by atoms with Crippen LogP contribution in [0.15, 0.2) is 12.2 Å². The number of amides is 1. The molecule has 0 atom stereocenters. The van der Waals surface area contributed by atoms with Gasteiger partial charge >= 0.3 is 8.25 Å². The van der Waals surface area contributed by atoms with E-state index in [1.165, 1.54) is 0 Å². The lowest BCUT2D eigenvalue weighted by Gasteiger charge is -2.35. The van der Waals surface area contributed by atoms with E-state index in [-0.39, 0.29) is 11.4 Å². The Balaban J connectivity index is 0. The molecule has 100 valence electrons. The number of rotatable bonds is 4. The van der Waals surface area contributed by atoms with Crippen LogP contribution < -0.4 is 0 Å². The minimum Gasteiger partial charge on any atom is -0.337 e. The molecule has 0 aliphatic carbocycles. The van der Waals surface area contributed by atoms with Crippen LogP contribution in [0.2, 0.25) is 0 Å². The van der Waals surface area contributed by atoms with Gasteiger partial charge in [0.25, 0.3) is 0 Å². The van der Waals surface area contributed by atoms with Crippen molar-refractivity contribution in [1.82, 2.24) is 4.90 Å². The average Bonchev–Trinajstić information content (AvgIpc) is 2.14. The number of likely N-dealkylation sites (N-methyl/N-ethyl adjacent to an activating group) is 1. The molecule has 0 spiro atoms. The topological polar surface area (TPSA) is 77.8 Å². The van der Waals surface area contributed by atoms with Gasteiger partial charge in [-0.05, 0) is 27.2 Å². The zero-order chi connectivity index (χ0) is 14.2. The van der Waals surface area contributed by atoms with Crippen LogP contribution in [-0.2, 0) is 9.36 Å². The van der Waals surface area contributed by atoms with Gasteiger partial charge in [0.15, 0.2) is 0 Å². The number of hydrogen-bond acceptors (Lipinski definition) is 2. The highest BCUT2D eigenvalue weighted by atomic mass is 31.1. The van der Waals surface area contributed by atoms with Crippen LogP contribution in [0.25, 0.3) is 0 Å². The summed E-state index contributed by atoms with van der Waals surface area (Å²) in [6.45, 7) is 11.7. The van der Waals surface area contributed by atoms with E-state index >= 15 is 0 Å². The predicted molar refractivity (Wildman–Crippen MR) is 68.6 cm³/mol. The minimum atomic E-state index is -2.87. The molecule has 0 heterocycles. The number of nitrogens with zero attached hydrogens (tertiary/aromatic N) is 1. The number of carbonyl (C=O) groups excluding carboxylic acids is 1. The summed E-state index contributed by atoms with van der Waals surface area (Å²) in [5.74, 6) is 0.0402. The molecule has 5 nitrogen and oxygen atoms in total. The summed E-state index contributed by atoms with van der Waals surface area (Å²) in [5, 5.41) is 0. The first-order chi connectivity index (χ1) is 7.56. The Morgan fingerprint density at radius 1 is 1.41 bits per heavy atom. The lowest BCUT2D eigenvalue weighted by Crippen LogP contribution is -2.45. The van der Waals surface area contributed by atoms with Gasteiger partial charge in [0.1, 0.15) is 0 Å². The van der Waals surface area contributed by atoms with E-state index in [1.807, 2.05) is 7.05 Å². The third-order valence-electron chi connectivity index (χ3n) is 2.44. The third kappa shape index (κ3) is 8.98. The van der Waals surface area contributed by atoms with Crippen LogP contribution in [0, 0.1) is 0 Å². The molecule has 2 N–H and O–H groups in total. The van der Waals surface area contributed by atoms with Crippen LogP contribution in [0.4, 0.5) is 0 Å². The van der Waals surface area contributed by atoms with E-state index in [0.29, 0.717) is 5.57 Å². The second kappa shape index (κ2) is 8.34. The number of hydrogen-bond donors (Lipinski definition) is 2. The molecule has 0 aromatic heterocycles. The molecule has 0 aromatic carbocycles. The van der Waals surface area contributed by atoms with Crippen LogP contribution in [-0.4, -0.2) is 33.2 Å². The standard InChI is InChI=1S/C11H21NO.HO3P/c1-7-8-11(4,5)12(6)10(13)9(2)3;1-4(2)3/h2,7-8H2,1,3-6H3;(H-,1,2,3)/p+1. The fraction of sp³-hybridized carbons (Fsp3) is 0.727. The van der Waals surface area contributed by atoms with E-state index in [4.69, 9.17) is 14.4 Å². The highest BCUT2D eigenvalue weighted by Crippen LogP contribution is 2.20. The van der Waals surface area contributed by atoms with Crippen molar-refractivity contribution in [2.24, 2.45) is 0 Å². The summed E-state index contributed by atoms with van der Waals surface area (Å²) in [5.41, 5.74) is 0.539. The zero-order valence-corrected chi connectivity index (χ0v) is 12.1. The molecule has 0 saturated heterocycles. The lowest BCUT2D eigenvalue weighted by molar-refractivity contribution is -0.130. The molecule has 0 saturated carbocycles. The molecule has 6 heteroatoms. The normalized spacial score (nSPS) is 10.1. The summed E-state index contributed by atoms with van der Waals surface area (Å²) in [4.78, 5) is 27.6. The second-order valence-corrected chi connectivity index (χ2v) is 4.97. The Morgan fingerprint density at radius 2 is 1.76 bits per heavy atom. The first-order valence-corrected chi connectivity index (χ1v) is 6.51. The number of carbonyl (C=O) groups is 1. The predicted octanol–water partition coefficient (Wildman–Crippen LogP) is 2.23. The Bertz CT molecular complexity index is 285.